The number of rotatable bonds is 5. The van der Waals surface area contributed by atoms with Crippen LogP contribution in [0.2, 0.25) is 0 Å². The van der Waals surface area contributed by atoms with Gasteiger partial charge in [0.1, 0.15) is 5.84 Å². The number of hydrogen-bond donors (Lipinski definition) is 2. The molecular weight excluding hydrogens is 354 g/mol. The van der Waals surface area contributed by atoms with Gasteiger partial charge in [-0.25, -0.2) is 8.42 Å². The molecule has 0 aliphatic carbocycles. The smallest absolute Gasteiger partial charge is 0.262 e. The number of carbonyl (C=O) groups excluding carboxylic acids is 1. The molecule has 1 saturated heterocycles. The molecule has 1 amide bonds. The summed E-state index contributed by atoms with van der Waals surface area (Å²) in [5.74, 6) is 0.378. The maximum absolute atomic E-state index is 12.6. The van der Waals surface area contributed by atoms with Crippen molar-refractivity contribution in [2.24, 2.45) is 16.8 Å². The Balaban J connectivity index is 1.72. The Hall–Kier alpha value is -1.93. The third-order valence-corrected chi connectivity index (χ3v) is 6.05. The average molecular weight is 379 g/mol. The number of sulfonamides is 1. The summed E-state index contributed by atoms with van der Waals surface area (Å²) in [4.78, 5) is 16.8. The molecule has 1 aromatic rings. The van der Waals surface area contributed by atoms with E-state index in [4.69, 9.17) is 4.74 Å². The average Bonchev–Trinajstić information content (AvgIpc) is 3.26. The Morgan fingerprint density at radius 1 is 1.35 bits per heavy atom. The molecule has 0 aromatic heterocycles. The van der Waals surface area contributed by atoms with Crippen LogP contribution < -0.4 is 10.0 Å². The van der Waals surface area contributed by atoms with Gasteiger partial charge in [-0.3, -0.25) is 14.5 Å². The zero-order valence-electron chi connectivity index (χ0n) is 15.1. The van der Waals surface area contributed by atoms with E-state index in [0.29, 0.717) is 37.5 Å². The lowest BCUT2D eigenvalue weighted by Crippen LogP contribution is -2.33. The van der Waals surface area contributed by atoms with Gasteiger partial charge in [0.2, 0.25) is 5.91 Å². The van der Waals surface area contributed by atoms with Gasteiger partial charge < -0.3 is 10.1 Å². The fourth-order valence-electron chi connectivity index (χ4n) is 3.36. The summed E-state index contributed by atoms with van der Waals surface area (Å²) in [6.07, 6.45) is 2.06. The summed E-state index contributed by atoms with van der Waals surface area (Å²) in [5.41, 5.74) is 0.459. The monoisotopic (exact) mass is 379 g/mol. The Kier molecular flexibility index (Phi) is 5.62. The van der Waals surface area contributed by atoms with Crippen LogP contribution >= 0.6 is 0 Å². The Labute approximate surface area is 154 Å². The van der Waals surface area contributed by atoms with Crippen LogP contribution in [0.15, 0.2) is 34.2 Å². The van der Waals surface area contributed by atoms with Gasteiger partial charge in [-0.05, 0) is 37.0 Å². The third-order valence-electron chi connectivity index (χ3n) is 4.67. The van der Waals surface area contributed by atoms with Gasteiger partial charge in [-0.1, -0.05) is 19.9 Å². The second-order valence-electron chi connectivity index (χ2n) is 7.03. The molecule has 0 bridgehead atoms. The van der Waals surface area contributed by atoms with E-state index in [-0.39, 0.29) is 28.7 Å². The number of nitrogens with zero attached hydrogens (tertiary/aromatic N) is 1. The van der Waals surface area contributed by atoms with Crippen molar-refractivity contribution in [1.29, 1.82) is 0 Å². The highest BCUT2D eigenvalue weighted by Crippen LogP contribution is 2.28. The minimum Gasteiger partial charge on any atom is -0.377 e. The molecule has 2 atom stereocenters. The largest absolute Gasteiger partial charge is 0.377 e. The van der Waals surface area contributed by atoms with Crippen LogP contribution in [0.4, 0.5) is 5.69 Å². The Morgan fingerprint density at radius 3 is 2.85 bits per heavy atom. The predicted molar refractivity (Wildman–Crippen MR) is 99.6 cm³/mol. The molecule has 2 aliphatic rings. The lowest BCUT2D eigenvalue weighted by Gasteiger charge is -2.21. The molecule has 1 fully saturated rings. The van der Waals surface area contributed by atoms with Crippen molar-refractivity contribution < 1.29 is 17.9 Å². The lowest BCUT2D eigenvalue weighted by molar-refractivity contribution is -0.122. The summed E-state index contributed by atoms with van der Waals surface area (Å²) in [6.45, 7) is 5.28. The van der Waals surface area contributed by atoms with Crippen LogP contribution in [0.1, 0.15) is 33.1 Å². The van der Waals surface area contributed by atoms with Crippen molar-refractivity contribution in [2.45, 2.75) is 44.1 Å². The molecule has 8 heteroatoms. The molecule has 2 heterocycles. The number of carbonyl (C=O) groups is 1. The minimum absolute atomic E-state index is 0.105. The van der Waals surface area contributed by atoms with Gasteiger partial charge in [-0.2, -0.15) is 0 Å². The topological polar surface area (TPSA) is 96.9 Å². The molecule has 142 valence electrons. The van der Waals surface area contributed by atoms with Crippen LogP contribution in [-0.2, 0) is 19.6 Å². The molecule has 0 spiro atoms. The first kappa shape index (κ1) is 18.8. The van der Waals surface area contributed by atoms with Gasteiger partial charge in [0.15, 0.2) is 0 Å². The van der Waals surface area contributed by atoms with E-state index in [9.17, 15) is 13.2 Å². The number of anilines is 1. The molecular formula is C18H25N3O4S. The second kappa shape index (κ2) is 7.75. The van der Waals surface area contributed by atoms with Gasteiger partial charge in [-0.15, -0.1) is 0 Å². The van der Waals surface area contributed by atoms with E-state index < -0.39 is 10.0 Å². The maximum Gasteiger partial charge on any atom is 0.262 e. The fourth-order valence-corrected chi connectivity index (χ4v) is 4.50. The number of amides is 1. The highest BCUT2D eigenvalue weighted by Gasteiger charge is 2.36. The Bertz CT molecular complexity index is 804. The maximum atomic E-state index is 12.6. The minimum atomic E-state index is -3.70. The predicted octanol–water partition coefficient (Wildman–Crippen LogP) is 2.16. The number of amidine groups is 1. The SMILES string of the molecule is CC(C)C1OCCC1C(=O)Nc1cccc(S(=O)(=O)NC2=NCCC2)c1. The zero-order valence-corrected chi connectivity index (χ0v) is 15.9. The van der Waals surface area contributed by atoms with Crippen molar-refractivity contribution in [3.8, 4) is 0 Å². The van der Waals surface area contributed by atoms with E-state index in [1.54, 1.807) is 12.1 Å². The molecule has 1 aromatic carbocycles. The number of aliphatic imine (C=N–C) groups is 1. The summed E-state index contributed by atoms with van der Waals surface area (Å²) in [5, 5.41) is 2.83. The van der Waals surface area contributed by atoms with E-state index >= 15 is 0 Å². The third kappa shape index (κ3) is 4.24. The van der Waals surface area contributed by atoms with Crippen molar-refractivity contribution in [3.63, 3.8) is 0 Å². The fraction of sp³-hybridized carbons (Fsp3) is 0.556. The van der Waals surface area contributed by atoms with Crippen LogP contribution in [0.5, 0.6) is 0 Å². The van der Waals surface area contributed by atoms with E-state index in [1.807, 2.05) is 13.8 Å². The molecule has 2 aliphatic heterocycles. The first-order valence-electron chi connectivity index (χ1n) is 8.95. The van der Waals surface area contributed by atoms with Crippen LogP contribution in [0.25, 0.3) is 0 Å². The molecule has 2 unspecified atom stereocenters. The van der Waals surface area contributed by atoms with Crippen molar-refractivity contribution >= 4 is 27.5 Å². The van der Waals surface area contributed by atoms with Gasteiger partial charge in [0.05, 0.1) is 16.9 Å². The van der Waals surface area contributed by atoms with Crippen molar-refractivity contribution in [3.05, 3.63) is 24.3 Å². The number of ether oxygens (including phenoxy) is 1. The second-order valence-corrected chi connectivity index (χ2v) is 8.71. The van der Waals surface area contributed by atoms with E-state index in [0.717, 1.165) is 6.42 Å². The van der Waals surface area contributed by atoms with Crippen molar-refractivity contribution in [2.75, 3.05) is 18.5 Å². The van der Waals surface area contributed by atoms with E-state index in [1.165, 1.54) is 12.1 Å². The molecule has 3 rings (SSSR count). The van der Waals surface area contributed by atoms with E-state index in [2.05, 4.69) is 15.0 Å². The highest BCUT2D eigenvalue weighted by atomic mass is 32.2. The van der Waals surface area contributed by atoms with Crippen LogP contribution in [0.3, 0.4) is 0 Å². The zero-order chi connectivity index (χ0) is 18.7. The van der Waals surface area contributed by atoms with Crippen molar-refractivity contribution in [1.82, 2.24) is 4.72 Å². The standard InChI is InChI=1S/C18H25N3O4S/c1-12(2)17-15(8-10-25-17)18(22)20-13-5-3-6-14(11-13)26(23,24)21-16-7-4-9-19-16/h3,5-6,11-12,15,17H,4,7-10H2,1-2H3,(H,19,21)(H,20,22). The summed E-state index contributed by atoms with van der Waals surface area (Å²) in [7, 11) is -3.70. The van der Waals surface area contributed by atoms with Gasteiger partial charge in [0, 0.05) is 25.3 Å². The number of benzene rings is 1. The first-order chi connectivity index (χ1) is 12.4. The first-order valence-corrected chi connectivity index (χ1v) is 10.4. The molecule has 0 radical (unpaired) electrons. The quantitative estimate of drug-likeness (QED) is 0.819. The normalized spacial score (nSPS) is 23.1. The number of nitrogens with one attached hydrogen (secondary N) is 2. The molecule has 2 N–H and O–H groups in total. The summed E-state index contributed by atoms with van der Waals surface area (Å²) < 4.78 is 33.2. The van der Waals surface area contributed by atoms with Crippen LogP contribution in [0, 0.1) is 11.8 Å². The summed E-state index contributed by atoms with van der Waals surface area (Å²) >= 11 is 0. The van der Waals surface area contributed by atoms with Crippen LogP contribution in [-0.4, -0.2) is 39.4 Å². The molecule has 0 saturated carbocycles. The highest BCUT2D eigenvalue weighted by molar-refractivity contribution is 7.90. The van der Waals surface area contributed by atoms with Gasteiger partial charge >= 0.3 is 0 Å². The Morgan fingerprint density at radius 2 is 2.15 bits per heavy atom. The molecule has 7 nitrogen and oxygen atoms in total. The van der Waals surface area contributed by atoms with Gasteiger partial charge in [0.25, 0.3) is 10.0 Å². The molecule has 26 heavy (non-hydrogen) atoms. The summed E-state index contributed by atoms with van der Waals surface area (Å²) in [6, 6.07) is 6.27. The lowest BCUT2D eigenvalue weighted by atomic mass is 9.92. The number of hydrogen-bond acceptors (Lipinski definition) is 5.